The molecular weight excluding hydrogens is 456 g/mol. The van der Waals surface area contributed by atoms with Gasteiger partial charge in [0.1, 0.15) is 21.5 Å². The molecule has 4 rings (SSSR count). The highest BCUT2D eigenvalue weighted by Crippen LogP contribution is 2.31. The van der Waals surface area contributed by atoms with E-state index in [9.17, 15) is 18.4 Å². The number of aryl methyl sites for hydroxylation is 1. The van der Waals surface area contributed by atoms with Crippen molar-refractivity contribution in [2.75, 3.05) is 13.1 Å². The van der Waals surface area contributed by atoms with E-state index in [4.69, 9.17) is 0 Å². The molecule has 1 atom stereocenters. The van der Waals surface area contributed by atoms with E-state index in [1.54, 1.807) is 24.3 Å². The monoisotopic (exact) mass is 483 g/mol. The largest absolute Gasteiger partial charge is 0.352 e. The zero-order valence-electron chi connectivity index (χ0n) is 19.2. The fourth-order valence-electron chi connectivity index (χ4n) is 4.27. The van der Waals surface area contributed by atoms with Crippen molar-refractivity contribution in [3.8, 4) is 10.6 Å². The average Bonchev–Trinajstić information content (AvgIpc) is 3.23. The minimum absolute atomic E-state index is 0.0509. The summed E-state index contributed by atoms with van der Waals surface area (Å²) >= 11 is 1.32. The van der Waals surface area contributed by atoms with Crippen LogP contribution >= 0.6 is 11.3 Å². The van der Waals surface area contributed by atoms with Gasteiger partial charge in [-0.15, -0.1) is 11.3 Å². The van der Waals surface area contributed by atoms with Crippen LogP contribution in [0.2, 0.25) is 0 Å². The van der Waals surface area contributed by atoms with Gasteiger partial charge >= 0.3 is 0 Å². The summed E-state index contributed by atoms with van der Waals surface area (Å²) in [6.45, 7) is 5.17. The fourth-order valence-corrected chi connectivity index (χ4v) is 5.31. The SMILES string of the molecule is Cc1nc(-c2ccc(F)cc2)sc1C(=O)N1CCC([C@H](C)C(=O)NCc2cccc(F)c2)CC1. The predicted octanol–water partition coefficient (Wildman–Crippen LogP) is 5.20. The van der Waals surface area contributed by atoms with Crippen LogP contribution in [0.3, 0.4) is 0 Å². The van der Waals surface area contributed by atoms with E-state index in [1.807, 2.05) is 18.7 Å². The molecule has 3 aromatic rings. The van der Waals surface area contributed by atoms with Crippen molar-refractivity contribution in [2.24, 2.45) is 11.8 Å². The first kappa shape index (κ1) is 24.0. The van der Waals surface area contributed by atoms with Gasteiger partial charge in [-0.3, -0.25) is 9.59 Å². The molecule has 178 valence electrons. The number of benzene rings is 2. The Bertz CT molecular complexity index is 1170. The number of likely N-dealkylation sites (tertiary alicyclic amines) is 1. The topological polar surface area (TPSA) is 62.3 Å². The van der Waals surface area contributed by atoms with Gasteiger partial charge in [0.25, 0.3) is 5.91 Å². The molecule has 0 saturated carbocycles. The van der Waals surface area contributed by atoms with Gasteiger partial charge in [-0.1, -0.05) is 19.1 Å². The molecule has 1 aromatic heterocycles. The van der Waals surface area contributed by atoms with Gasteiger partial charge in [0.2, 0.25) is 5.91 Å². The molecule has 0 radical (unpaired) electrons. The van der Waals surface area contributed by atoms with Crippen LogP contribution in [0.25, 0.3) is 10.6 Å². The standard InChI is InChI=1S/C26H27F2N3O2S/c1-16(24(32)29-15-18-4-3-5-22(28)14-18)19-10-12-31(13-11-19)26(33)23-17(2)30-25(34-23)20-6-8-21(27)9-7-20/h3-9,14,16,19H,10-13,15H2,1-2H3,(H,29,32)/t16-/m0/s1. The minimum atomic E-state index is -0.321. The van der Waals surface area contributed by atoms with E-state index in [-0.39, 0.29) is 35.3 Å². The molecule has 1 aliphatic rings. The fraction of sp³-hybridized carbons (Fsp3) is 0.346. The van der Waals surface area contributed by atoms with E-state index in [0.717, 1.165) is 24.0 Å². The van der Waals surface area contributed by atoms with Crippen LogP contribution in [0.15, 0.2) is 48.5 Å². The molecule has 2 amide bonds. The minimum Gasteiger partial charge on any atom is -0.352 e. The van der Waals surface area contributed by atoms with Crippen molar-refractivity contribution in [2.45, 2.75) is 33.2 Å². The van der Waals surface area contributed by atoms with Crippen molar-refractivity contribution in [3.05, 3.63) is 76.3 Å². The highest BCUT2D eigenvalue weighted by molar-refractivity contribution is 7.17. The van der Waals surface area contributed by atoms with Crippen molar-refractivity contribution < 1.29 is 18.4 Å². The molecule has 1 aliphatic heterocycles. The molecule has 1 fully saturated rings. The highest BCUT2D eigenvalue weighted by atomic mass is 32.1. The van der Waals surface area contributed by atoms with Gasteiger partial charge < -0.3 is 10.2 Å². The Morgan fingerprint density at radius 2 is 1.82 bits per heavy atom. The molecule has 8 heteroatoms. The molecule has 1 saturated heterocycles. The number of hydrogen-bond acceptors (Lipinski definition) is 4. The molecule has 2 heterocycles. The predicted molar refractivity (Wildman–Crippen MR) is 128 cm³/mol. The number of thiazole rings is 1. The Labute approximate surface area is 201 Å². The van der Waals surface area contributed by atoms with Gasteiger partial charge in [0.15, 0.2) is 0 Å². The number of aromatic nitrogens is 1. The summed E-state index contributed by atoms with van der Waals surface area (Å²) in [4.78, 5) is 32.7. The Kier molecular flexibility index (Phi) is 7.36. The normalized spacial score (nSPS) is 15.2. The lowest BCUT2D eigenvalue weighted by Gasteiger charge is -2.34. The number of nitrogens with one attached hydrogen (secondary N) is 1. The smallest absolute Gasteiger partial charge is 0.265 e. The number of hydrogen-bond donors (Lipinski definition) is 1. The molecule has 5 nitrogen and oxygen atoms in total. The lowest BCUT2D eigenvalue weighted by Crippen LogP contribution is -2.42. The maximum Gasteiger partial charge on any atom is 0.265 e. The van der Waals surface area contributed by atoms with Crippen LogP contribution in [0.1, 0.15) is 40.7 Å². The highest BCUT2D eigenvalue weighted by Gasteiger charge is 2.31. The number of amides is 2. The van der Waals surface area contributed by atoms with E-state index in [2.05, 4.69) is 10.3 Å². The number of nitrogens with zero attached hydrogens (tertiary/aromatic N) is 2. The Morgan fingerprint density at radius 1 is 1.12 bits per heavy atom. The maximum absolute atomic E-state index is 13.3. The van der Waals surface area contributed by atoms with Crippen LogP contribution in [-0.2, 0) is 11.3 Å². The lowest BCUT2D eigenvalue weighted by atomic mass is 9.84. The molecule has 0 unspecified atom stereocenters. The zero-order valence-corrected chi connectivity index (χ0v) is 20.0. The first-order chi connectivity index (χ1) is 16.3. The van der Waals surface area contributed by atoms with E-state index in [1.165, 1.54) is 35.6 Å². The van der Waals surface area contributed by atoms with Crippen LogP contribution in [0.4, 0.5) is 8.78 Å². The van der Waals surface area contributed by atoms with Gasteiger partial charge in [0.05, 0.1) is 5.69 Å². The van der Waals surface area contributed by atoms with Crippen molar-refractivity contribution in [1.82, 2.24) is 15.2 Å². The van der Waals surface area contributed by atoms with Crippen LogP contribution in [-0.4, -0.2) is 34.8 Å². The van der Waals surface area contributed by atoms with Gasteiger partial charge in [0, 0.05) is 31.1 Å². The molecule has 34 heavy (non-hydrogen) atoms. The Hall–Kier alpha value is -3.13. The van der Waals surface area contributed by atoms with Crippen molar-refractivity contribution in [1.29, 1.82) is 0 Å². The molecular formula is C26H27F2N3O2S. The summed E-state index contributed by atoms with van der Waals surface area (Å²) in [5, 5.41) is 3.59. The van der Waals surface area contributed by atoms with E-state index in [0.29, 0.717) is 35.2 Å². The number of carbonyl (C=O) groups excluding carboxylic acids is 2. The quantitative estimate of drug-likeness (QED) is 0.524. The number of carbonyl (C=O) groups is 2. The van der Waals surface area contributed by atoms with E-state index < -0.39 is 0 Å². The van der Waals surface area contributed by atoms with Crippen molar-refractivity contribution in [3.63, 3.8) is 0 Å². The van der Waals surface area contributed by atoms with Gasteiger partial charge in [-0.25, -0.2) is 13.8 Å². The maximum atomic E-state index is 13.3. The summed E-state index contributed by atoms with van der Waals surface area (Å²) in [6, 6.07) is 12.3. The summed E-state index contributed by atoms with van der Waals surface area (Å²) in [7, 11) is 0. The molecule has 1 N–H and O–H groups in total. The third-order valence-corrected chi connectivity index (χ3v) is 7.58. The number of rotatable bonds is 6. The second kappa shape index (κ2) is 10.4. The molecule has 0 aliphatic carbocycles. The second-order valence-electron chi connectivity index (χ2n) is 8.71. The second-order valence-corrected chi connectivity index (χ2v) is 9.71. The first-order valence-corrected chi connectivity index (χ1v) is 12.2. The molecule has 2 aromatic carbocycles. The van der Waals surface area contributed by atoms with Gasteiger partial charge in [-0.05, 0) is 67.6 Å². The third kappa shape index (κ3) is 5.50. The Morgan fingerprint density at radius 3 is 2.50 bits per heavy atom. The summed E-state index contributed by atoms with van der Waals surface area (Å²) in [6.07, 6.45) is 1.48. The van der Waals surface area contributed by atoms with E-state index >= 15 is 0 Å². The average molecular weight is 484 g/mol. The molecule has 0 spiro atoms. The number of piperidine rings is 1. The summed E-state index contributed by atoms with van der Waals surface area (Å²) in [5.74, 6) is -0.762. The summed E-state index contributed by atoms with van der Waals surface area (Å²) < 4.78 is 26.5. The van der Waals surface area contributed by atoms with Crippen LogP contribution in [0, 0.1) is 30.4 Å². The lowest BCUT2D eigenvalue weighted by molar-refractivity contribution is -0.126. The van der Waals surface area contributed by atoms with Crippen molar-refractivity contribution >= 4 is 23.2 Å². The third-order valence-electron chi connectivity index (χ3n) is 6.39. The van der Waals surface area contributed by atoms with Gasteiger partial charge in [-0.2, -0.15) is 0 Å². The van der Waals surface area contributed by atoms with Crippen LogP contribution < -0.4 is 5.32 Å². The number of halogens is 2. The first-order valence-electron chi connectivity index (χ1n) is 11.4. The summed E-state index contributed by atoms with van der Waals surface area (Å²) in [5.41, 5.74) is 2.17. The zero-order chi connectivity index (χ0) is 24.2. The molecule has 0 bridgehead atoms. The van der Waals surface area contributed by atoms with Crippen LogP contribution in [0.5, 0.6) is 0 Å². The Balaban J connectivity index is 1.32.